The summed E-state index contributed by atoms with van der Waals surface area (Å²) in [5, 5.41) is 4.74. The average molecular weight is 220 g/mol. The Hall–Kier alpha value is -0.800. The Kier molecular flexibility index (Phi) is 3.80. The van der Waals surface area contributed by atoms with Gasteiger partial charge in [0.05, 0.1) is 11.1 Å². The third kappa shape index (κ3) is 3.08. The van der Waals surface area contributed by atoms with Gasteiger partial charge in [-0.3, -0.25) is 4.99 Å². The Bertz CT molecular complexity index is 335. The molecule has 1 aliphatic heterocycles. The number of thioether (sulfide) groups is 1. The molecule has 1 N–H and O–H groups in total. The summed E-state index contributed by atoms with van der Waals surface area (Å²) in [5.41, 5.74) is 1.33. The Balaban J connectivity index is 1.83. The number of nitrogens with zero attached hydrogens (tertiary/aromatic N) is 1. The van der Waals surface area contributed by atoms with Crippen LogP contribution in [0.2, 0.25) is 0 Å². The number of benzene rings is 1. The lowest BCUT2D eigenvalue weighted by Crippen LogP contribution is -2.31. The Morgan fingerprint density at radius 2 is 2.20 bits per heavy atom. The molecule has 0 saturated carbocycles. The number of aliphatic imine (C=N–C) groups is 1. The molecule has 1 aromatic rings. The largest absolute Gasteiger partial charge is 0.304 e. The van der Waals surface area contributed by atoms with E-state index in [1.807, 2.05) is 17.8 Å². The molecule has 80 valence electrons. The molecule has 1 unspecified atom stereocenters. The number of hydrogen-bond donors (Lipinski definition) is 1. The van der Waals surface area contributed by atoms with Crippen molar-refractivity contribution in [2.45, 2.75) is 19.5 Å². The summed E-state index contributed by atoms with van der Waals surface area (Å²) in [5.74, 6) is 1.15. The van der Waals surface area contributed by atoms with E-state index in [9.17, 15) is 0 Å². The molecule has 2 rings (SSSR count). The lowest BCUT2D eigenvalue weighted by Gasteiger charge is -2.13. The Morgan fingerprint density at radius 3 is 2.87 bits per heavy atom. The van der Waals surface area contributed by atoms with Crippen LogP contribution < -0.4 is 5.32 Å². The molecule has 0 aliphatic carbocycles. The van der Waals surface area contributed by atoms with Gasteiger partial charge in [-0.2, -0.15) is 0 Å². The molecule has 1 heterocycles. The first-order valence-electron chi connectivity index (χ1n) is 5.31. The average Bonchev–Trinajstić information content (AvgIpc) is 2.81. The fourth-order valence-electron chi connectivity index (χ4n) is 1.57. The summed E-state index contributed by atoms with van der Waals surface area (Å²) in [7, 11) is 0. The standard InChI is InChI=1S/C12H16N2S/c1-10(12-13-7-8-15-12)14-9-11-5-3-2-4-6-11/h2-6,10,14H,7-9H2,1H3. The van der Waals surface area contributed by atoms with E-state index in [0.717, 1.165) is 18.8 Å². The number of hydrogen-bond acceptors (Lipinski definition) is 3. The molecule has 0 saturated heterocycles. The van der Waals surface area contributed by atoms with Crippen molar-refractivity contribution >= 4 is 16.8 Å². The van der Waals surface area contributed by atoms with Crippen molar-refractivity contribution in [3.63, 3.8) is 0 Å². The first-order chi connectivity index (χ1) is 7.36. The van der Waals surface area contributed by atoms with Gasteiger partial charge in [-0.05, 0) is 12.5 Å². The van der Waals surface area contributed by atoms with Gasteiger partial charge in [-0.25, -0.2) is 0 Å². The highest BCUT2D eigenvalue weighted by Crippen LogP contribution is 2.14. The van der Waals surface area contributed by atoms with E-state index in [-0.39, 0.29) is 0 Å². The molecular formula is C12H16N2S. The zero-order valence-corrected chi connectivity index (χ0v) is 9.76. The van der Waals surface area contributed by atoms with Crippen LogP contribution in [0.5, 0.6) is 0 Å². The third-order valence-corrected chi connectivity index (χ3v) is 3.60. The van der Waals surface area contributed by atoms with Gasteiger partial charge in [0, 0.05) is 18.8 Å². The van der Waals surface area contributed by atoms with Crippen molar-refractivity contribution in [2.24, 2.45) is 4.99 Å². The zero-order chi connectivity index (χ0) is 10.5. The fraction of sp³-hybridized carbons (Fsp3) is 0.417. The second-order valence-corrected chi connectivity index (χ2v) is 4.77. The highest BCUT2D eigenvalue weighted by atomic mass is 32.2. The minimum absolute atomic E-state index is 0.387. The van der Waals surface area contributed by atoms with E-state index >= 15 is 0 Å². The summed E-state index contributed by atoms with van der Waals surface area (Å²) in [6.07, 6.45) is 0. The van der Waals surface area contributed by atoms with Crippen LogP contribution in [0.25, 0.3) is 0 Å². The summed E-state index contributed by atoms with van der Waals surface area (Å²) < 4.78 is 0. The quantitative estimate of drug-likeness (QED) is 0.842. The molecule has 1 aromatic carbocycles. The van der Waals surface area contributed by atoms with Gasteiger partial charge in [0.1, 0.15) is 0 Å². The third-order valence-electron chi connectivity index (χ3n) is 2.43. The van der Waals surface area contributed by atoms with Crippen molar-refractivity contribution < 1.29 is 0 Å². The van der Waals surface area contributed by atoms with Crippen molar-refractivity contribution in [3.8, 4) is 0 Å². The highest BCUT2D eigenvalue weighted by molar-refractivity contribution is 8.14. The summed E-state index contributed by atoms with van der Waals surface area (Å²) >= 11 is 1.87. The second kappa shape index (κ2) is 5.33. The second-order valence-electron chi connectivity index (χ2n) is 3.66. The molecule has 2 nitrogen and oxygen atoms in total. The van der Waals surface area contributed by atoms with Gasteiger partial charge >= 0.3 is 0 Å². The minimum atomic E-state index is 0.387. The van der Waals surface area contributed by atoms with E-state index in [0.29, 0.717) is 6.04 Å². The normalized spacial score (nSPS) is 17.5. The Labute approximate surface area is 95.2 Å². The maximum absolute atomic E-state index is 4.47. The van der Waals surface area contributed by atoms with Gasteiger partial charge in [-0.1, -0.05) is 30.3 Å². The van der Waals surface area contributed by atoms with Gasteiger partial charge < -0.3 is 5.32 Å². The molecule has 3 heteroatoms. The molecular weight excluding hydrogens is 204 g/mol. The first kappa shape index (κ1) is 10.7. The van der Waals surface area contributed by atoms with Gasteiger partial charge in [-0.15, -0.1) is 11.8 Å². The van der Waals surface area contributed by atoms with Gasteiger partial charge in [0.15, 0.2) is 0 Å². The van der Waals surface area contributed by atoms with E-state index in [4.69, 9.17) is 0 Å². The predicted octanol–water partition coefficient (Wildman–Crippen LogP) is 2.31. The van der Waals surface area contributed by atoms with Crippen molar-refractivity contribution in [1.82, 2.24) is 5.32 Å². The molecule has 1 atom stereocenters. The Morgan fingerprint density at radius 1 is 1.40 bits per heavy atom. The molecule has 0 bridgehead atoms. The highest BCUT2D eigenvalue weighted by Gasteiger charge is 2.13. The summed E-state index contributed by atoms with van der Waals surface area (Å²) in [4.78, 5) is 4.47. The lowest BCUT2D eigenvalue weighted by atomic mass is 10.2. The summed E-state index contributed by atoms with van der Waals surface area (Å²) in [6.45, 7) is 4.08. The van der Waals surface area contributed by atoms with Gasteiger partial charge in [0.2, 0.25) is 0 Å². The maximum Gasteiger partial charge on any atom is 0.0844 e. The van der Waals surface area contributed by atoms with Crippen molar-refractivity contribution in [2.75, 3.05) is 12.3 Å². The molecule has 15 heavy (non-hydrogen) atoms. The van der Waals surface area contributed by atoms with Crippen LogP contribution in [-0.4, -0.2) is 23.4 Å². The van der Waals surface area contributed by atoms with E-state index < -0.39 is 0 Å². The van der Waals surface area contributed by atoms with Crippen LogP contribution in [0.15, 0.2) is 35.3 Å². The van der Waals surface area contributed by atoms with Crippen LogP contribution >= 0.6 is 11.8 Å². The lowest BCUT2D eigenvalue weighted by molar-refractivity contribution is 0.663. The van der Waals surface area contributed by atoms with Crippen molar-refractivity contribution in [1.29, 1.82) is 0 Å². The molecule has 0 aromatic heterocycles. The minimum Gasteiger partial charge on any atom is -0.304 e. The zero-order valence-electron chi connectivity index (χ0n) is 8.94. The van der Waals surface area contributed by atoms with E-state index in [1.54, 1.807) is 0 Å². The van der Waals surface area contributed by atoms with Crippen LogP contribution in [-0.2, 0) is 6.54 Å². The van der Waals surface area contributed by atoms with Crippen molar-refractivity contribution in [3.05, 3.63) is 35.9 Å². The summed E-state index contributed by atoms with van der Waals surface area (Å²) in [6, 6.07) is 10.9. The SMILES string of the molecule is CC(NCc1ccccc1)C1=NCCS1. The van der Waals surface area contributed by atoms with Crippen LogP contribution in [0.3, 0.4) is 0 Å². The number of nitrogens with one attached hydrogen (secondary N) is 1. The molecule has 0 radical (unpaired) electrons. The molecule has 0 spiro atoms. The smallest absolute Gasteiger partial charge is 0.0844 e. The van der Waals surface area contributed by atoms with Crippen LogP contribution in [0.4, 0.5) is 0 Å². The molecule has 0 fully saturated rings. The molecule has 1 aliphatic rings. The monoisotopic (exact) mass is 220 g/mol. The fourth-order valence-corrected chi connectivity index (χ4v) is 2.48. The topological polar surface area (TPSA) is 24.4 Å². The predicted molar refractivity (Wildman–Crippen MR) is 67.5 cm³/mol. The number of rotatable bonds is 4. The maximum atomic E-state index is 4.47. The van der Waals surface area contributed by atoms with E-state index in [2.05, 4.69) is 41.5 Å². The van der Waals surface area contributed by atoms with E-state index in [1.165, 1.54) is 10.6 Å². The van der Waals surface area contributed by atoms with Crippen LogP contribution in [0.1, 0.15) is 12.5 Å². The first-order valence-corrected chi connectivity index (χ1v) is 6.29. The van der Waals surface area contributed by atoms with Gasteiger partial charge in [0.25, 0.3) is 0 Å². The van der Waals surface area contributed by atoms with Crippen LogP contribution in [0, 0.1) is 0 Å². The molecule has 0 amide bonds.